The zero-order valence-corrected chi connectivity index (χ0v) is 18.4. The highest BCUT2D eigenvalue weighted by Gasteiger charge is 2.24. The van der Waals surface area contributed by atoms with Gasteiger partial charge in [0.1, 0.15) is 6.54 Å². The summed E-state index contributed by atoms with van der Waals surface area (Å²) in [6.07, 6.45) is 1.84. The Hall–Kier alpha value is -2.34. The first-order valence-electron chi connectivity index (χ1n) is 9.44. The fourth-order valence-corrected chi connectivity index (χ4v) is 4.15. The third-order valence-corrected chi connectivity index (χ3v) is 6.11. The number of hydrogen-bond donors (Lipinski definition) is 1. The molecule has 152 valence electrons. The monoisotopic (exact) mass is 402 g/mol. The number of aryl methyl sites for hydroxylation is 4. The third-order valence-electron chi connectivity index (χ3n) is 4.99. The van der Waals surface area contributed by atoms with Crippen LogP contribution >= 0.6 is 0 Å². The molecule has 0 aliphatic carbocycles. The molecule has 0 bridgehead atoms. The van der Waals surface area contributed by atoms with Crippen LogP contribution in [0.15, 0.2) is 36.4 Å². The third kappa shape index (κ3) is 5.35. The molecule has 2 rings (SSSR count). The van der Waals surface area contributed by atoms with Gasteiger partial charge in [0.2, 0.25) is 15.9 Å². The standard InChI is InChI=1S/C22H30N2O3S/c1-7-20(19-10-9-16(3)17(4)13-19)23-22(25)14-24(28(6,26)27)21-11-8-15(2)12-18(21)5/h8-13,20H,7,14H2,1-6H3,(H,23,25)/t20-/m1/s1. The van der Waals surface area contributed by atoms with Crippen LogP contribution in [-0.2, 0) is 14.8 Å². The van der Waals surface area contributed by atoms with Crippen molar-refractivity contribution in [3.63, 3.8) is 0 Å². The quantitative estimate of drug-likeness (QED) is 0.762. The van der Waals surface area contributed by atoms with E-state index in [1.165, 1.54) is 15.4 Å². The largest absolute Gasteiger partial charge is 0.348 e. The lowest BCUT2D eigenvalue weighted by molar-refractivity contribution is -0.120. The van der Waals surface area contributed by atoms with Crippen LogP contribution in [0.5, 0.6) is 0 Å². The van der Waals surface area contributed by atoms with E-state index in [4.69, 9.17) is 0 Å². The Morgan fingerprint density at radius 3 is 2.21 bits per heavy atom. The molecule has 0 saturated carbocycles. The number of amides is 1. The van der Waals surface area contributed by atoms with E-state index in [-0.39, 0.29) is 18.5 Å². The first-order chi connectivity index (χ1) is 13.0. The Labute approximate surface area is 168 Å². The van der Waals surface area contributed by atoms with Crippen LogP contribution in [0.25, 0.3) is 0 Å². The molecule has 2 aromatic carbocycles. The second-order valence-corrected chi connectivity index (χ2v) is 9.34. The van der Waals surface area contributed by atoms with Crippen LogP contribution in [0, 0.1) is 27.7 Å². The van der Waals surface area contributed by atoms with Crippen LogP contribution in [0.3, 0.4) is 0 Å². The maximum absolute atomic E-state index is 12.7. The summed E-state index contributed by atoms with van der Waals surface area (Å²) in [5.74, 6) is -0.324. The number of benzene rings is 2. The van der Waals surface area contributed by atoms with E-state index in [9.17, 15) is 13.2 Å². The highest BCUT2D eigenvalue weighted by Crippen LogP contribution is 2.24. The van der Waals surface area contributed by atoms with Crippen LogP contribution in [0.4, 0.5) is 5.69 Å². The first-order valence-corrected chi connectivity index (χ1v) is 11.3. The number of rotatable bonds is 7. The van der Waals surface area contributed by atoms with Gasteiger partial charge in [0.15, 0.2) is 0 Å². The Morgan fingerprint density at radius 1 is 1.00 bits per heavy atom. The lowest BCUT2D eigenvalue weighted by Gasteiger charge is -2.25. The molecule has 0 unspecified atom stereocenters. The molecule has 0 spiro atoms. The van der Waals surface area contributed by atoms with Crippen molar-refractivity contribution in [2.75, 3.05) is 17.1 Å². The Kier molecular flexibility index (Phi) is 6.88. The summed E-state index contributed by atoms with van der Waals surface area (Å²) in [5, 5.41) is 2.99. The minimum absolute atomic E-state index is 0.160. The van der Waals surface area contributed by atoms with Crippen molar-refractivity contribution in [2.45, 2.75) is 47.1 Å². The van der Waals surface area contributed by atoms with Gasteiger partial charge in [-0.05, 0) is 62.4 Å². The van der Waals surface area contributed by atoms with Gasteiger partial charge in [0.05, 0.1) is 18.0 Å². The highest BCUT2D eigenvalue weighted by molar-refractivity contribution is 7.92. The lowest BCUT2D eigenvalue weighted by atomic mass is 9.99. The van der Waals surface area contributed by atoms with Crippen molar-refractivity contribution in [2.24, 2.45) is 0 Å². The number of carbonyl (C=O) groups excluding carboxylic acids is 1. The van der Waals surface area contributed by atoms with Gasteiger partial charge in [0.25, 0.3) is 0 Å². The van der Waals surface area contributed by atoms with E-state index in [0.29, 0.717) is 5.69 Å². The number of hydrogen-bond acceptors (Lipinski definition) is 3. The molecular formula is C22H30N2O3S. The van der Waals surface area contributed by atoms with Crippen molar-refractivity contribution in [1.29, 1.82) is 0 Å². The fraction of sp³-hybridized carbons (Fsp3) is 0.409. The summed E-state index contributed by atoms with van der Waals surface area (Å²) in [5.41, 5.74) is 5.78. The maximum Gasteiger partial charge on any atom is 0.241 e. The zero-order valence-electron chi connectivity index (χ0n) is 17.5. The van der Waals surface area contributed by atoms with E-state index in [1.54, 1.807) is 6.07 Å². The van der Waals surface area contributed by atoms with E-state index in [2.05, 4.69) is 11.4 Å². The van der Waals surface area contributed by atoms with E-state index in [0.717, 1.165) is 29.4 Å². The molecule has 0 radical (unpaired) electrons. The van der Waals surface area contributed by atoms with Crippen LogP contribution < -0.4 is 9.62 Å². The smallest absolute Gasteiger partial charge is 0.241 e. The van der Waals surface area contributed by atoms with Crippen LogP contribution in [-0.4, -0.2) is 27.1 Å². The van der Waals surface area contributed by atoms with Crippen LogP contribution in [0.1, 0.15) is 47.2 Å². The summed E-state index contributed by atoms with van der Waals surface area (Å²) >= 11 is 0. The summed E-state index contributed by atoms with van der Waals surface area (Å²) in [6, 6.07) is 11.5. The van der Waals surface area contributed by atoms with Crippen molar-refractivity contribution in [3.05, 3.63) is 64.2 Å². The van der Waals surface area contributed by atoms with Gasteiger partial charge in [-0.3, -0.25) is 9.10 Å². The molecular weight excluding hydrogens is 372 g/mol. The molecule has 0 saturated heterocycles. The predicted octanol–water partition coefficient (Wildman–Crippen LogP) is 3.95. The molecule has 5 nitrogen and oxygen atoms in total. The average molecular weight is 403 g/mol. The average Bonchev–Trinajstić information content (AvgIpc) is 2.60. The molecule has 0 aliphatic rings. The van der Waals surface area contributed by atoms with Gasteiger partial charge in [-0.1, -0.05) is 42.8 Å². The summed E-state index contributed by atoms with van der Waals surface area (Å²) < 4.78 is 25.9. The van der Waals surface area contributed by atoms with Gasteiger partial charge in [-0.25, -0.2) is 8.42 Å². The summed E-state index contributed by atoms with van der Waals surface area (Å²) in [4.78, 5) is 12.7. The molecule has 1 atom stereocenters. The first kappa shape index (κ1) is 22.0. The maximum atomic E-state index is 12.7. The summed E-state index contributed by atoms with van der Waals surface area (Å²) in [6.45, 7) is 9.64. The van der Waals surface area contributed by atoms with E-state index >= 15 is 0 Å². The fourth-order valence-electron chi connectivity index (χ4n) is 3.24. The number of anilines is 1. The van der Waals surface area contributed by atoms with Gasteiger partial charge in [-0.15, -0.1) is 0 Å². The number of sulfonamides is 1. The molecule has 1 N–H and O–H groups in total. The molecule has 2 aromatic rings. The number of nitrogens with zero attached hydrogens (tertiary/aromatic N) is 1. The zero-order chi connectivity index (χ0) is 21.1. The van der Waals surface area contributed by atoms with Gasteiger partial charge >= 0.3 is 0 Å². The second kappa shape index (κ2) is 8.78. The van der Waals surface area contributed by atoms with Gasteiger partial charge in [-0.2, -0.15) is 0 Å². The molecule has 0 fully saturated rings. The minimum Gasteiger partial charge on any atom is -0.348 e. The molecule has 0 heterocycles. The normalized spacial score (nSPS) is 12.5. The molecule has 1 amide bonds. The van der Waals surface area contributed by atoms with Crippen LogP contribution in [0.2, 0.25) is 0 Å². The highest BCUT2D eigenvalue weighted by atomic mass is 32.2. The second-order valence-electron chi connectivity index (χ2n) is 7.43. The van der Waals surface area contributed by atoms with Crippen molar-refractivity contribution < 1.29 is 13.2 Å². The van der Waals surface area contributed by atoms with E-state index < -0.39 is 10.0 Å². The van der Waals surface area contributed by atoms with Gasteiger partial charge < -0.3 is 5.32 Å². The summed E-state index contributed by atoms with van der Waals surface area (Å²) in [7, 11) is -3.60. The number of carbonyl (C=O) groups is 1. The Balaban J connectivity index is 2.24. The topological polar surface area (TPSA) is 66.5 Å². The lowest BCUT2D eigenvalue weighted by Crippen LogP contribution is -2.41. The predicted molar refractivity (Wildman–Crippen MR) is 115 cm³/mol. The molecule has 0 aliphatic heterocycles. The van der Waals surface area contributed by atoms with Crippen molar-refractivity contribution >= 4 is 21.6 Å². The van der Waals surface area contributed by atoms with Gasteiger partial charge in [0, 0.05) is 0 Å². The molecule has 28 heavy (non-hydrogen) atoms. The SMILES string of the molecule is CC[C@@H](NC(=O)CN(c1ccc(C)cc1C)S(C)(=O)=O)c1ccc(C)c(C)c1. The Morgan fingerprint density at radius 2 is 1.68 bits per heavy atom. The van der Waals surface area contributed by atoms with E-state index in [1.807, 2.05) is 58.9 Å². The van der Waals surface area contributed by atoms with Crippen molar-refractivity contribution in [1.82, 2.24) is 5.32 Å². The molecule has 0 aromatic heterocycles. The Bertz CT molecular complexity index is 968. The molecule has 6 heteroatoms. The van der Waals surface area contributed by atoms with Crippen molar-refractivity contribution in [3.8, 4) is 0 Å². The number of nitrogens with one attached hydrogen (secondary N) is 1. The minimum atomic E-state index is -3.60.